The number of rotatable bonds is 6. The SMILES string of the molecule is CN(C)CC(C)(O)CNS(=O)(=O)c1cccc(F)c1N. The first-order valence-electron chi connectivity index (χ1n) is 5.96. The van der Waals surface area contributed by atoms with Crippen LogP contribution in [-0.2, 0) is 10.0 Å². The van der Waals surface area contributed by atoms with Gasteiger partial charge >= 0.3 is 0 Å². The maximum Gasteiger partial charge on any atom is 0.242 e. The fourth-order valence-electron chi connectivity index (χ4n) is 1.82. The average Bonchev–Trinajstić information content (AvgIpc) is 2.29. The number of sulfonamides is 1. The van der Waals surface area contributed by atoms with Crippen molar-refractivity contribution in [1.82, 2.24) is 9.62 Å². The van der Waals surface area contributed by atoms with E-state index < -0.39 is 27.1 Å². The van der Waals surface area contributed by atoms with E-state index in [0.717, 1.165) is 6.07 Å². The molecule has 1 unspecified atom stereocenters. The van der Waals surface area contributed by atoms with Crippen LogP contribution in [0.1, 0.15) is 6.92 Å². The zero-order chi connectivity index (χ0) is 15.6. The molecule has 0 aliphatic carbocycles. The molecular weight excluding hydrogens is 285 g/mol. The first-order chi connectivity index (χ1) is 9.05. The first-order valence-corrected chi connectivity index (χ1v) is 7.44. The summed E-state index contributed by atoms with van der Waals surface area (Å²) >= 11 is 0. The van der Waals surface area contributed by atoms with Crippen LogP contribution < -0.4 is 10.5 Å². The highest BCUT2D eigenvalue weighted by atomic mass is 32.2. The predicted octanol–water partition coefficient (Wildman–Crippen LogP) is -0.00120. The molecule has 0 fully saturated rings. The molecule has 0 saturated heterocycles. The highest BCUT2D eigenvalue weighted by molar-refractivity contribution is 7.89. The summed E-state index contributed by atoms with van der Waals surface area (Å²) in [6.07, 6.45) is 0. The Hall–Kier alpha value is -1.22. The van der Waals surface area contributed by atoms with E-state index in [1.807, 2.05) is 0 Å². The van der Waals surface area contributed by atoms with Crippen molar-refractivity contribution in [2.75, 3.05) is 32.9 Å². The largest absolute Gasteiger partial charge is 0.395 e. The third-order valence-corrected chi connectivity index (χ3v) is 4.06. The molecule has 0 saturated carbocycles. The van der Waals surface area contributed by atoms with Crippen molar-refractivity contribution >= 4 is 15.7 Å². The lowest BCUT2D eigenvalue weighted by molar-refractivity contribution is 0.0386. The average molecular weight is 305 g/mol. The van der Waals surface area contributed by atoms with Crippen LogP contribution in [0.25, 0.3) is 0 Å². The van der Waals surface area contributed by atoms with Crippen molar-refractivity contribution in [3.8, 4) is 0 Å². The van der Waals surface area contributed by atoms with Crippen LogP contribution in [0.5, 0.6) is 0 Å². The quantitative estimate of drug-likeness (QED) is 0.643. The molecule has 0 spiro atoms. The fraction of sp³-hybridized carbons (Fsp3) is 0.500. The molecule has 1 rings (SSSR count). The third-order valence-electron chi connectivity index (χ3n) is 2.60. The van der Waals surface area contributed by atoms with Crippen LogP contribution >= 0.6 is 0 Å². The van der Waals surface area contributed by atoms with Crippen LogP contribution in [0.4, 0.5) is 10.1 Å². The Morgan fingerprint density at radius 1 is 1.45 bits per heavy atom. The number of aliphatic hydroxyl groups is 1. The van der Waals surface area contributed by atoms with E-state index in [9.17, 15) is 17.9 Å². The molecule has 1 aromatic rings. The lowest BCUT2D eigenvalue weighted by Crippen LogP contribution is -2.47. The van der Waals surface area contributed by atoms with E-state index in [0.29, 0.717) is 0 Å². The second-order valence-corrected chi connectivity index (χ2v) is 6.95. The molecule has 0 amide bonds. The summed E-state index contributed by atoms with van der Waals surface area (Å²) in [5, 5.41) is 10.0. The molecule has 114 valence electrons. The van der Waals surface area contributed by atoms with Gasteiger partial charge in [-0.2, -0.15) is 0 Å². The lowest BCUT2D eigenvalue weighted by atomic mass is 10.1. The van der Waals surface area contributed by atoms with Gasteiger partial charge in [-0.15, -0.1) is 0 Å². The molecule has 0 aromatic heterocycles. The topological polar surface area (TPSA) is 95.7 Å². The molecule has 20 heavy (non-hydrogen) atoms. The van der Waals surface area contributed by atoms with Crippen molar-refractivity contribution in [3.63, 3.8) is 0 Å². The van der Waals surface area contributed by atoms with Crippen molar-refractivity contribution < 1.29 is 17.9 Å². The number of likely N-dealkylation sites (N-methyl/N-ethyl adjacent to an activating group) is 1. The molecule has 0 radical (unpaired) electrons. The highest BCUT2D eigenvalue weighted by Gasteiger charge is 2.26. The smallest absolute Gasteiger partial charge is 0.242 e. The Bertz CT molecular complexity index is 573. The van der Waals surface area contributed by atoms with E-state index >= 15 is 0 Å². The first kappa shape index (κ1) is 16.8. The number of nitrogens with zero attached hydrogens (tertiary/aromatic N) is 1. The number of nitrogens with two attached hydrogens (primary N) is 1. The number of nitrogen functional groups attached to an aromatic ring is 1. The van der Waals surface area contributed by atoms with Gasteiger partial charge in [-0.3, -0.25) is 0 Å². The maximum atomic E-state index is 13.3. The van der Waals surface area contributed by atoms with Crippen molar-refractivity contribution in [2.24, 2.45) is 0 Å². The molecule has 4 N–H and O–H groups in total. The summed E-state index contributed by atoms with van der Waals surface area (Å²) in [5.41, 5.74) is 3.73. The van der Waals surface area contributed by atoms with Gasteiger partial charge in [-0.05, 0) is 33.2 Å². The van der Waals surface area contributed by atoms with Gasteiger partial charge in [0.25, 0.3) is 0 Å². The Morgan fingerprint density at radius 3 is 2.60 bits per heavy atom. The molecule has 8 heteroatoms. The summed E-state index contributed by atoms with van der Waals surface area (Å²) in [6, 6.07) is 3.55. The predicted molar refractivity (Wildman–Crippen MR) is 75.2 cm³/mol. The Labute approximate surface area is 118 Å². The zero-order valence-corrected chi connectivity index (χ0v) is 12.5. The molecule has 0 bridgehead atoms. The minimum absolute atomic E-state index is 0.205. The van der Waals surface area contributed by atoms with Crippen LogP contribution in [0, 0.1) is 5.82 Å². The number of hydrogen-bond acceptors (Lipinski definition) is 5. The number of para-hydroxylation sites is 1. The second kappa shape index (κ2) is 6.04. The van der Waals surface area contributed by atoms with Gasteiger partial charge in [0.1, 0.15) is 10.7 Å². The molecule has 0 heterocycles. The van der Waals surface area contributed by atoms with Gasteiger partial charge in [0.2, 0.25) is 10.0 Å². The van der Waals surface area contributed by atoms with Gasteiger partial charge in [0, 0.05) is 13.1 Å². The minimum atomic E-state index is -3.98. The second-order valence-electron chi connectivity index (χ2n) is 5.21. The number of anilines is 1. The summed E-state index contributed by atoms with van der Waals surface area (Å²) in [4.78, 5) is 1.39. The zero-order valence-electron chi connectivity index (χ0n) is 11.7. The van der Waals surface area contributed by atoms with Gasteiger partial charge in [0.15, 0.2) is 0 Å². The van der Waals surface area contributed by atoms with Crippen LogP contribution in [0.2, 0.25) is 0 Å². The molecule has 0 aliphatic heterocycles. The minimum Gasteiger partial charge on any atom is -0.395 e. The van der Waals surface area contributed by atoms with Crippen LogP contribution in [0.15, 0.2) is 23.1 Å². The van der Waals surface area contributed by atoms with Gasteiger partial charge in [0.05, 0.1) is 11.3 Å². The molecule has 6 nitrogen and oxygen atoms in total. The Balaban J connectivity index is 2.89. The summed E-state index contributed by atoms with van der Waals surface area (Å²) < 4.78 is 39.6. The number of hydrogen-bond donors (Lipinski definition) is 3. The van der Waals surface area contributed by atoms with Crippen molar-refractivity contribution in [1.29, 1.82) is 0 Å². The Kier molecular flexibility index (Phi) is 5.09. The highest BCUT2D eigenvalue weighted by Crippen LogP contribution is 2.21. The molecule has 1 aromatic carbocycles. The summed E-state index contributed by atoms with van der Waals surface area (Å²) in [7, 11) is -0.461. The van der Waals surface area contributed by atoms with Gasteiger partial charge in [-0.25, -0.2) is 17.5 Å². The van der Waals surface area contributed by atoms with E-state index in [-0.39, 0.29) is 18.0 Å². The summed E-state index contributed by atoms with van der Waals surface area (Å²) in [6.45, 7) is 1.57. The molecular formula is C12H20FN3O3S. The van der Waals surface area contributed by atoms with E-state index in [4.69, 9.17) is 5.73 Å². The van der Waals surface area contributed by atoms with Crippen molar-refractivity contribution in [3.05, 3.63) is 24.0 Å². The van der Waals surface area contributed by atoms with Gasteiger partial charge in [-0.1, -0.05) is 6.07 Å². The number of nitrogens with one attached hydrogen (secondary N) is 1. The van der Waals surface area contributed by atoms with Crippen molar-refractivity contribution in [2.45, 2.75) is 17.4 Å². The maximum absolute atomic E-state index is 13.3. The fourth-order valence-corrected chi connectivity index (χ4v) is 3.12. The molecule has 0 aliphatic rings. The lowest BCUT2D eigenvalue weighted by Gasteiger charge is -2.27. The third kappa shape index (κ3) is 4.41. The number of benzene rings is 1. The normalized spacial score (nSPS) is 15.3. The standard InChI is InChI=1S/C12H20FN3O3S/c1-12(17,8-16(2)3)7-15-20(18,19)10-6-4-5-9(13)11(10)14/h4-6,15,17H,7-8,14H2,1-3H3. The van der Waals surface area contributed by atoms with Crippen LogP contribution in [0.3, 0.4) is 0 Å². The monoisotopic (exact) mass is 305 g/mol. The van der Waals surface area contributed by atoms with Gasteiger partial charge < -0.3 is 15.7 Å². The van der Waals surface area contributed by atoms with Crippen LogP contribution in [-0.4, -0.2) is 51.2 Å². The number of halogens is 1. The van der Waals surface area contributed by atoms with E-state index in [1.165, 1.54) is 19.1 Å². The Morgan fingerprint density at radius 2 is 2.05 bits per heavy atom. The van der Waals surface area contributed by atoms with E-state index in [1.54, 1.807) is 19.0 Å². The van der Waals surface area contributed by atoms with E-state index in [2.05, 4.69) is 4.72 Å². The summed E-state index contributed by atoms with van der Waals surface area (Å²) in [5.74, 6) is -0.798. The molecule has 1 atom stereocenters.